The number of carbonyl (C=O) groups excluding carboxylic acids is 1. The minimum absolute atomic E-state index is 0.0662. The highest BCUT2D eigenvalue weighted by Gasteiger charge is 1.92. The molecule has 0 spiro atoms. The Hall–Kier alpha value is -1.14. The fourth-order valence-electron chi connectivity index (χ4n) is 0.581. The summed E-state index contributed by atoms with van der Waals surface area (Å²) in [4.78, 5) is 19.7. The average molecular weight is 191 g/mol. The van der Waals surface area contributed by atoms with E-state index < -0.39 is 6.09 Å². The normalized spacial score (nSPS) is 9.54. The maximum atomic E-state index is 9.94. The van der Waals surface area contributed by atoms with Crippen molar-refractivity contribution in [3.8, 4) is 0 Å². The lowest BCUT2D eigenvalue weighted by Crippen LogP contribution is -2.25. The van der Waals surface area contributed by atoms with Crippen LogP contribution in [-0.2, 0) is 14.3 Å². The minimum Gasteiger partial charge on any atom is -0.465 e. The largest absolute Gasteiger partial charge is 0.465 e. The number of aldehydes is 1. The van der Waals surface area contributed by atoms with Gasteiger partial charge in [-0.3, -0.25) is 0 Å². The Bertz CT molecular complexity index is 150. The third-order valence-electron chi connectivity index (χ3n) is 1.08. The molecule has 0 fully saturated rings. The van der Waals surface area contributed by atoms with Gasteiger partial charge in [0.1, 0.15) is 12.9 Å². The summed E-state index contributed by atoms with van der Waals surface area (Å²) < 4.78 is 9.74. The second kappa shape index (κ2) is 8.95. The van der Waals surface area contributed by atoms with Crippen LogP contribution in [-0.4, -0.2) is 50.5 Å². The highest BCUT2D eigenvalue weighted by Crippen LogP contribution is 1.76. The van der Waals surface area contributed by atoms with Crippen molar-refractivity contribution < 1.29 is 24.2 Å². The molecule has 0 saturated heterocycles. The summed E-state index contributed by atoms with van der Waals surface area (Å²) in [6.07, 6.45) is -0.410. The maximum Gasteiger partial charge on any atom is 0.404 e. The molecule has 6 heteroatoms. The quantitative estimate of drug-likeness (QED) is 0.398. The molecular weight excluding hydrogens is 178 g/mol. The first-order valence-electron chi connectivity index (χ1n) is 3.83. The van der Waals surface area contributed by atoms with Crippen LogP contribution in [0, 0.1) is 0 Å². The second-order valence-corrected chi connectivity index (χ2v) is 2.09. The van der Waals surface area contributed by atoms with Gasteiger partial charge in [-0.1, -0.05) is 0 Å². The summed E-state index contributed by atoms with van der Waals surface area (Å²) in [5.41, 5.74) is 0. The fraction of sp³-hybridized carbons (Fsp3) is 0.714. The average Bonchev–Trinajstić information content (AvgIpc) is 2.09. The summed E-state index contributed by atoms with van der Waals surface area (Å²) >= 11 is 0. The van der Waals surface area contributed by atoms with E-state index >= 15 is 0 Å². The van der Waals surface area contributed by atoms with Crippen LogP contribution in [0.15, 0.2) is 0 Å². The van der Waals surface area contributed by atoms with Crippen molar-refractivity contribution in [2.75, 3.05) is 33.0 Å². The first-order chi connectivity index (χ1) is 6.27. The molecule has 0 radical (unpaired) electrons. The number of carboxylic acid groups (broad SMARTS) is 1. The Morgan fingerprint density at radius 1 is 1.31 bits per heavy atom. The molecule has 13 heavy (non-hydrogen) atoms. The first kappa shape index (κ1) is 11.9. The van der Waals surface area contributed by atoms with Crippen LogP contribution in [0.5, 0.6) is 0 Å². The Kier molecular flexibility index (Phi) is 8.17. The molecule has 0 bridgehead atoms. The third-order valence-corrected chi connectivity index (χ3v) is 1.08. The van der Waals surface area contributed by atoms with Gasteiger partial charge in [0, 0.05) is 6.54 Å². The molecule has 0 unspecified atom stereocenters. The Morgan fingerprint density at radius 2 is 2.00 bits per heavy atom. The molecule has 0 rings (SSSR count). The van der Waals surface area contributed by atoms with Crippen molar-refractivity contribution in [3.05, 3.63) is 0 Å². The molecule has 1 amide bonds. The highest BCUT2D eigenvalue weighted by molar-refractivity contribution is 5.64. The van der Waals surface area contributed by atoms with Gasteiger partial charge >= 0.3 is 6.09 Å². The van der Waals surface area contributed by atoms with Gasteiger partial charge in [-0.2, -0.15) is 0 Å². The van der Waals surface area contributed by atoms with Crippen LogP contribution in [0.4, 0.5) is 4.79 Å². The van der Waals surface area contributed by atoms with E-state index in [0.717, 1.165) is 0 Å². The summed E-state index contributed by atoms with van der Waals surface area (Å²) in [5.74, 6) is 0. The molecular formula is C7H13NO5. The number of hydrogen-bond acceptors (Lipinski definition) is 4. The van der Waals surface area contributed by atoms with Gasteiger partial charge < -0.3 is 24.7 Å². The van der Waals surface area contributed by atoms with Crippen molar-refractivity contribution in [1.82, 2.24) is 5.32 Å². The van der Waals surface area contributed by atoms with Gasteiger partial charge in [-0.25, -0.2) is 4.79 Å². The molecule has 0 aliphatic carbocycles. The van der Waals surface area contributed by atoms with Crippen LogP contribution in [0.25, 0.3) is 0 Å². The predicted octanol–water partition coefficient (Wildman–Crippen LogP) is -0.514. The van der Waals surface area contributed by atoms with Gasteiger partial charge in [0.05, 0.1) is 19.8 Å². The molecule has 0 saturated carbocycles. The lowest BCUT2D eigenvalue weighted by atomic mass is 10.6. The molecule has 0 aliphatic heterocycles. The SMILES string of the molecule is O=CCOCCOCCNC(=O)O. The van der Waals surface area contributed by atoms with Crippen molar-refractivity contribution in [1.29, 1.82) is 0 Å². The van der Waals surface area contributed by atoms with E-state index in [9.17, 15) is 9.59 Å². The summed E-state index contributed by atoms with van der Waals surface area (Å²) in [7, 11) is 0. The summed E-state index contributed by atoms with van der Waals surface area (Å²) in [6.45, 7) is 1.32. The van der Waals surface area contributed by atoms with E-state index in [0.29, 0.717) is 26.1 Å². The molecule has 0 atom stereocenters. The van der Waals surface area contributed by atoms with Gasteiger partial charge in [0.25, 0.3) is 0 Å². The number of rotatable bonds is 8. The molecule has 76 valence electrons. The summed E-state index contributed by atoms with van der Waals surface area (Å²) in [5, 5.41) is 10.3. The number of ether oxygens (including phenoxy) is 2. The smallest absolute Gasteiger partial charge is 0.404 e. The standard InChI is InChI=1S/C7H13NO5/c9-2-4-13-6-5-12-3-1-8-7(10)11/h2,8H,1,3-6H2,(H,10,11). The van der Waals surface area contributed by atoms with Gasteiger partial charge in [-0.05, 0) is 0 Å². The highest BCUT2D eigenvalue weighted by atomic mass is 16.5. The van der Waals surface area contributed by atoms with E-state index in [4.69, 9.17) is 14.6 Å². The number of amides is 1. The topological polar surface area (TPSA) is 84.9 Å². The molecule has 0 aliphatic rings. The maximum absolute atomic E-state index is 9.94. The van der Waals surface area contributed by atoms with Gasteiger partial charge in [0.15, 0.2) is 0 Å². The number of hydrogen-bond donors (Lipinski definition) is 2. The Labute approximate surface area is 75.8 Å². The van der Waals surface area contributed by atoms with Crippen molar-refractivity contribution in [3.63, 3.8) is 0 Å². The Balaban J connectivity index is 2.91. The Morgan fingerprint density at radius 3 is 2.62 bits per heavy atom. The number of carbonyl (C=O) groups is 2. The first-order valence-corrected chi connectivity index (χ1v) is 3.83. The molecule has 2 N–H and O–H groups in total. The summed E-state index contributed by atoms with van der Waals surface area (Å²) in [6, 6.07) is 0. The minimum atomic E-state index is -1.07. The molecule has 0 aromatic heterocycles. The van der Waals surface area contributed by atoms with Crippen LogP contribution < -0.4 is 5.32 Å². The second-order valence-electron chi connectivity index (χ2n) is 2.09. The van der Waals surface area contributed by atoms with Crippen molar-refractivity contribution in [2.24, 2.45) is 0 Å². The third kappa shape index (κ3) is 10.9. The lowest BCUT2D eigenvalue weighted by Gasteiger charge is -2.03. The fourth-order valence-corrected chi connectivity index (χ4v) is 0.581. The van der Waals surface area contributed by atoms with E-state index in [1.54, 1.807) is 0 Å². The van der Waals surface area contributed by atoms with Crippen LogP contribution >= 0.6 is 0 Å². The van der Waals surface area contributed by atoms with E-state index in [1.807, 2.05) is 0 Å². The molecule has 0 aromatic carbocycles. The van der Waals surface area contributed by atoms with E-state index in [-0.39, 0.29) is 13.2 Å². The van der Waals surface area contributed by atoms with Crippen LogP contribution in [0.3, 0.4) is 0 Å². The van der Waals surface area contributed by atoms with Crippen molar-refractivity contribution in [2.45, 2.75) is 0 Å². The molecule has 0 heterocycles. The van der Waals surface area contributed by atoms with Crippen LogP contribution in [0.2, 0.25) is 0 Å². The molecule has 6 nitrogen and oxygen atoms in total. The van der Waals surface area contributed by atoms with Gasteiger partial charge in [-0.15, -0.1) is 0 Å². The van der Waals surface area contributed by atoms with E-state index in [1.165, 1.54) is 0 Å². The van der Waals surface area contributed by atoms with E-state index in [2.05, 4.69) is 5.32 Å². The number of nitrogens with one attached hydrogen (secondary N) is 1. The predicted molar refractivity (Wildman–Crippen MR) is 43.7 cm³/mol. The zero-order valence-electron chi connectivity index (χ0n) is 7.19. The van der Waals surface area contributed by atoms with Gasteiger partial charge in [0.2, 0.25) is 0 Å². The molecule has 0 aromatic rings. The zero-order chi connectivity index (χ0) is 9.94. The monoisotopic (exact) mass is 191 g/mol. The van der Waals surface area contributed by atoms with Crippen LogP contribution in [0.1, 0.15) is 0 Å². The lowest BCUT2D eigenvalue weighted by molar-refractivity contribution is -0.112. The zero-order valence-corrected chi connectivity index (χ0v) is 7.19. The van der Waals surface area contributed by atoms with Crippen molar-refractivity contribution >= 4 is 12.4 Å².